The maximum atomic E-state index is 11.9. The van der Waals surface area contributed by atoms with Gasteiger partial charge in [-0.1, -0.05) is 30.3 Å². The summed E-state index contributed by atoms with van der Waals surface area (Å²) in [5.74, 6) is -1.54. The Bertz CT molecular complexity index is 446. The highest BCUT2D eigenvalue weighted by Crippen LogP contribution is 2.26. The number of aliphatic hydroxyl groups is 1. The molecule has 6 heteroatoms. The van der Waals surface area contributed by atoms with Crippen LogP contribution in [0.4, 0.5) is 4.79 Å². The molecule has 0 aliphatic heterocycles. The van der Waals surface area contributed by atoms with Crippen LogP contribution in [0, 0.1) is 5.92 Å². The number of carbonyl (C=O) groups is 2. The van der Waals surface area contributed by atoms with Gasteiger partial charge in [-0.3, -0.25) is 4.79 Å². The van der Waals surface area contributed by atoms with E-state index in [1.165, 1.54) is 21.1 Å². The van der Waals surface area contributed by atoms with Gasteiger partial charge in [-0.15, -0.1) is 0 Å². The number of hydrogen-bond donors (Lipinski definition) is 2. The predicted molar refractivity (Wildman–Crippen MR) is 71.9 cm³/mol. The Morgan fingerprint density at radius 2 is 1.75 bits per heavy atom. The lowest BCUT2D eigenvalue weighted by Crippen LogP contribution is -2.42. The summed E-state index contributed by atoms with van der Waals surface area (Å²) in [7, 11) is 2.46. The highest BCUT2D eigenvalue weighted by molar-refractivity contribution is 5.76. The van der Waals surface area contributed by atoms with Crippen LogP contribution in [0.15, 0.2) is 30.3 Å². The standard InChI is InChI=1S/C14H19NO5/c1-9(16)11(13(17)19-2)12(15-14(18)20-3)10-7-5-4-6-8-10/h4-9,11-12,16H,1-3H3,(H,15,18). The van der Waals surface area contributed by atoms with E-state index in [0.29, 0.717) is 5.56 Å². The van der Waals surface area contributed by atoms with Gasteiger partial charge in [-0.05, 0) is 12.5 Å². The highest BCUT2D eigenvalue weighted by atomic mass is 16.5. The van der Waals surface area contributed by atoms with Crippen LogP contribution >= 0.6 is 0 Å². The monoisotopic (exact) mass is 281 g/mol. The predicted octanol–water partition coefficient (Wildman–Crippen LogP) is 1.25. The van der Waals surface area contributed by atoms with Crippen molar-refractivity contribution in [2.24, 2.45) is 5.92 Å². The molecule has 1 aromatic carbocycles. The van der Waals surface area contributed by atoms with E-state index in [9.17, 15) is 14.7 Å². The minimum atomic E-state index is -0.996. The molecular formula is C14H19NO5. The van der Waals surface area contributed by atoms with Gasteiger partial charge in [0.2, 0.25) is 0 Å². The maximum absolute atomic E-state index is 11.9. The Morgan fingerprint density at radius 1 is 1.15 bits per heavy atom. The van der Waals surface area contributed by atoms with Crippen LogP contribution in [0.1, 0.15) is 18.5 Å². The van der Waals surface area contributed by atoms with Crippen LogP contribution in [0.25, 0.3) is 0 Å². The third-order valence-corrected chi connectivity index (χ3v) is 2.97. The summed E-state index contributed by atoms with van der Waals surface area (Å²) in [4.78, 5) is 23.3. The van der Waals surface area contributed by atoms with E-state index in [1.54, 1.807) is 24.3 Å². The zero-order chi connectivity index (χ0) is 15.1. The van der Waals surface area contributed by atoms with E-state index >= 15 is 0 Å². The zero-order valence-corrected chi connectivity index (χ0v) is 11.7. The number of aliphatic hydroxyl groups excluding tert-OH is 1. The van der Waals surface area contributed by atoms with Crippen molar-refractivity contribution in [1.29, 1.82) is 0 Å². The normalized spacial score (nSPS) is 14.8. The third kappa shape index (κ3) is 3.96. The van der Waals surface area contributed by atoms with Crippen LogP contribution in [-0.4, -0.2) is 37.5 Å². The minimum absolute atomic E-state index is 0.606. The molecule has 0 spiro atoms. The molecule has 0 heterocycles. The molecule has 0 aliphatic carbocycles. The second kappa shape index (κ2) is 7.49. The molecule has 1 aromatic rings. The summed E-state index contributed by atoms with van der Waals surface area (Å²) in [5, 5.41) is 12.4. The second-order valence-corrected chi connectivity index (χ2v) is 4.31. The molecule has 0 bridgehead atoms. The first-order valence-electron chi connectivity index (χ1n) is 6.16. The molecule has 6 nitrogen and oxygen atoms in total. The Hall–Kier alpha value is -2.08. The second-order valence-electron chi connectivity index (χ2n) is 4.31. The van der Waals surface area contributed by atoms with Crippen molar-refractivity contribution in [3.63, 3.8) is 0 Å². The SMILES string of the molecule is COC(=O)NC(c1ccccc1)C(C(=O)OC)C(C)O. The summed E-state index contributed by atoms with van der Waals surface area (Å²) >= 11 is 0. The van der Waals surface area contributed by atoms with Crippen LogP contribution in [0.2, 0.25) is 0 Å². The third-order valence-electron chi connectivity index (χ3n) is 2.97. The van der Waals surface area contributed by atoms with Crippen LogP contribution in [0.5, 0.6) is 0 Å². The first-order chi connectivity index (χ1) is 9.51. The number of benzene rings is 1. The van der Waals surface area contributed by atoms with E-state index in [4.69, 9.17) is 4.74 Å². The summed E-state index contributed by atoms with van der Waals surface area (Å²) in [5.41, 5.74) is 0.675. The van der Waals surface area contributed by atoms with Crippen molar-refractivity contribution in [2.45, 2.75) is 19.1 Å². The summed E-state index contributed by atoms with van der Waals surface area (Å²) in [6, 6.07) is 8.12. The molecule has 110 valence electrons. The molecule has 0 aromatic heterocycles. The molecule has 3 atom stereocenters. The average Bonchev–Trinajstić information content (AvgIpc) is 2.46. The fourth-order valence-corrected chi connectivity index (χ4v) is 1.97. The number of ether oxygens (including phenoxy) is 2. The molecule has 1 amide bonds. The van der Waals surface area contributed by atoms with Crippen LogP contribution < -0.4 is 5.32 Å². The number of alkyl carbamates (subject to hydrolysis) is 1. The Labute approximate surface area is 117 Å². The topological polar surface area (TPSA) is 84.9 Å². The smallest absolute Gasteiger partial charge is 0.407 e. The van der Waals surface area contributed by atoms with Crippen molar-refractivity contribution < 1.29 is 24.2 Å². The van der Waals surface area contributed by atoms with Gasteiger partial charge in [0.1, 0.15) is 5.92 Å². The van der Waals surface area contributed by atoms with E-state index in [1.807, 2.05) is 6.07 Å². The lowest BCUT2D eigenvalue weighted by molar-refractivity contribution is -0.150. The van der Waals surface area contributed by atoms with E-state index in [0.717, 1.165) is 0 Å². The Kier molecular flexibility index (Phi) is 5.99. The van der Waals surface area contributed by atoms with Gasteiger partial charge in [-0.2, -0.15) is 0 Å². The van der Waals surface area contributed by atoms with Crippen molar-refractivity contribution in [3.8, 4) is 0 Å². The van der Waals surface area contributed by atoms with Gasteiger partial charge in [0.15, 0.2) is 0 Å². The highest BCUT2D eigenvalue weighted by Gasteiger charge is 2.35. The van der Waals surface area contributed by atoms with Gasteiger partial charge in [0, 0.05) is 0 Å². The first-order valence-corrected chi connectivity index (χ1v) is 6.16. The van der Waals surface area contributed by atoms with Gasteiger partial charge < -0.3 is 19.9 Å². The van der Waals surface area contributed by atoms with Gasteiger partial charge in [0.25, 0.3) is 0 Å². The fraction of sp³-hybridized carbons (Fsp3) is 0.429. The van der Waals surface area contributed by atoms with Gasteiger partial charge in [-0.25, -0.2) is 4.79 Å². The maximum Gasteiger partial charge on any atom is 0.407 e. The summed E-state index contributed by atoms with van der Waals surface area (Å²) < 4.78 is 9.26. The first kappa shape index (κ1) is 16.0. The molecule has 0 radical (unpaired) electrons. The number of hydrogen-bond acceptors (Lipinski definition) is 5. The quantitative estimate of drug-likeness (QED) is 0.794. The number of carbonyl (C=O) groups excluding carboxylic acids is 2. The van der Waals surface area contributed by atoms with Crippen molar-refractivity contribution in [3.05, 3.63) is 35.9 Å². The van der Waals surface area contributed by atoms with Crippen molar-refractivity contribution in [1.82, 2.24) is 5.32 Å². The summed E-state index contributed by atoms with van der Waals surface area (Å²) in [6.45, 7) is 1.47. The lowest BCUT2D eigenvalue weighted by atomic mass is 9.89. The molecule has 0 fully saturated rings. The van der Waals surface area contributed by atoms with Crippen LogP contribution in [0.3, 0.4) is 0 Å². The summed E-state index contributed by atoms with van der Waals surface area (Å²) in [6.07, 6.45) is -1.68. The number of nitrogens with one attached hydrogen (secondary N) is 1. The largest absolute Gasteiger partial charge is 0.469 e. The number of esters is 1. The molecule has 1 rings (SSSR count). The molecule has 2 N–H and O–H groups in total. The molecule has 3 unspecified atom stereocenters. The number of rotatable bonds is 5. The average molecular weight is 281 g/mol. The lowest BCUT2D eigenvalue weighted by Gasteiger charge is -2.28. The molecular weight excluding hydrogens is 262 g/mol. The molecule has 0 saturated carbocycles. The zero-order valence-electron chi connectivity index (χ0n) is 11.7. The Balaban J connectivity index is 3.14. The van der Waals surface area contributed by atoms with Gasteiger partial charge >= 0.3 is 12.1 Å². The van der Waals surface area contributed by atoms with Crippen LogP contribution in [-0.2, 0) is 14.3 Å². The molecule has 20 heavy (non-hydrogen) atoms. The fourth-order valence-electron chi connectivity index (χ4n) is 1.97. The van der Waals surface area contributed by atoms with E-state index in [-0.39, 0.29) is 0 Å². The molecule has 0 saturated heterocycles. The van der Waals surface area contributed by atoms with Crippen molar-refractivity contribution in [2.75, 3.05) is 14.2 Å². The number of amides is 1. The van der Waals surface area contributed by atoms with E-state index < -0.39 is 30.1 Å². The Morgan fingerprint density at radius 3 is 2.20 bits per heavy atom. The molecule has 0 aliphatic rings. The van der Waals surface area contributed by atoms with Crippen molar-refractivity contribution >= 4 is 12.1 Å². The number of methoxy groups -OCH3 is 2. The van der Waals surface area contributed by atoms with E-state index in [2.05, 4.69) is 10.1 Å². The van der Waals surface area contributed by atoms with Gasteiger partial charge in [0.05, 0.1) is 26.4 Å². The minimum Gasteiger partial charge on any atom is -0.469 e.